The number of methoxy groups -OCH3 is 1. The lowest BCUT2D eigenvalue weighted by Gasteiger charge is -2.11. The Balaban J connectivity index is 2.81. The zero-order chi connectivity index (χ0) is 20.2. The average Bonchev–Trinajstić information content (AvgIpc) is 2.65. The normalized spacial score (nSPS) is 14.9. The highest BCUT2D eigenvalue weighted by atomic mass is 19.1. The quantitative estimate of drug-likeness (QED) is 0.402. The fourth-order valence-corrected chi connectivity index (χ4v) is 2.54. The molecular weight excluding hydrogens is 345 g/mol. The minimum atomic E-state index is -0.748. The first-order valence-corrected chi connectivity index (χ1v) is 9.08. The molecule has 27 heavy (non-hydrogen) atoms. The first-order chi connectivity index (χ1) is 12.9. The minimum Gasteiger partial charge on any atom is -0.481 e. The largest absolute Gasteiger partial charge is 0.481 e. The molecule has 1 rings (SSSR count). The number of rotatable bonds is 11. The van der Waals surface area contributed by atoms with Gasteiger partial charge in [0.1, 0.15) is 5.82 Å². The molecule has 0 aromatic heterocycles. The van der Waals surface area contributed by atoms with Gasteiger partial charge in [-0.05, 0) is 67.5 Å². The van der Waals surface area contributed by atoms with Gasteiger partial charge < -0.3 is 20.6 Å². The number of aliphatic imine (C=N–C) groups is 1. The summed E-state index contributed by atoms with van der Waals surface area (Å²) < 4.78 is 18.7. The van der Waals surface area contributed by atoms with Crippen LogP contribution in [-0.4, -0.2) is 31.2 Å². The van der Waals surface area contributed by atoms with Crippen LogP contribution >= 0.6 is 0 Å². The number of benzene rings is 1. The molecule has 148 valence electrons. The Hall–Kier alpha value is -2.47. The van der Waals surface area contributed by atoms with Gasteiger partial charge in [-0.15, -0.1) is 0 Å². The monoisotopic (exact) mass is 375 g/mol. The third-order valence-corrected chi connectivity index (χ3v) is 3.95. The van der Waals surface area contributed by atoms with Crippen molar-refractivity contribution in [1.29, 1.82) is 5.41 Å². The van der Waals surface area contributed by atoms with Crippen LogP contribution in [0.4, 0.5) is 4.39 Å². The van der Waals surface area contributed by atoms with Crippen LogP contribution in [0, 0.1) is 17.1 Å². The first-order valence-electron chi connectivity index (χ1n) is 9.08. The predicted molar refractivity (Wildman–Crippen MR) is 109 cm³/mol. The molecule has 2 unspecified atom stereocenters. The SMILES string of the molecule is CCN/C=C(\C=N)CC(C)/C=N\C(=C/Cc1ccc(F)cc1C(C)O)OC. The van der Waals surface area contributed by atoms with Crippen LogP contribution in [0.2, 0.25) is 0 Å². The molecule has 0 aliphatic rings. The van der Waals surface area contributed by atoms with Crippen molar-refractivity contribution < 1.29 is 14.2 Å². The molecule has 0 fully saturated rings. The van der Waals surface area contributed by atoms with E-state index in [9.17, 15) is 9.50 Å². The van der Waals surface area contributed by atoms with Gasteiger partial charge in [-0.2, -0.15) is 0 Å². The van der Waals surface area contributed by atoms with E-state index in [1.807, 2.05) is 20.0 Å². The van der Waals surface area contributed by atoms with Crippen LogP contribution in [0.15, 0.2) is 46.9 Å². The van der Waals surface area contributed by atoms with E-state index in [2.05, 4.69) is 10.3 Å². The lowest BCUT2D eigenvalue weighted by Crippen LogP contribution is -2.07. The van der Waals surface area contributed by atoms with Gasteiger partial charge in [0.2, 0.25) is 5.88 Å². The Labute approximate surface area is 161 Å². The van der Waals surface area contributed by atoms with Crippen molar-refractivity contribution in [3.8, 4) is 0 Å². The fraction of sp³-hybridized carbons (Fsp3) is 0.429. The summed E-state index contributed by atoms with van der Waals surface area (Å²) in [6, 6.07) is 4.39. The number of aliphatic hydroxyl groups is 1. The van der Waals surface area contributed by atoms with Crippen molar-refractivity contribution in [2.24, 2.45) is 10.9 Å². The van der Waals surface area contributed by atoms with Crippen LogP contribution in [-0.2, 0) is 11.2 Å². The topological polar surface area (TPSA) is 77.7 Å². The van der Waals surface area contributed by atoms with Crippen molar-refractivity contribution in [2.45, 2.75) is 39.7 Å². The summed E-state index contributed by atoms with van der Waals surface area (Å²) in [5.41, 5.74) is 2.28. The highest BCUT2D eigenvalue weighted by Gasteiger charge is 2.09. The molecule has 5 nitrogen and oxygen atoms in total. The maximum absolute atomic E-state index is 13.4. The Morgan fingerprint density at radius 2 is 2.15 bits per heavy atom. The Bertz CT molecular complexity index is 697. The smallest absolute Gasteiger partial charge is 0.208 e. The molecule has 6 heteroatoms. The number of allylic oxidation sites excluding steroid dienone is 2. The fourth-order valence-electron chi connectivity index (χ4n) is 2.54. The Morgan fingerprint density at radius 3 is 2.74 bits per heavy atom. The van der Waals surface area contributed by atoms with E-state index in [1.165, 1.54) is 18.3 Å². The van der Waals surface area contributed by atoms with E-state index in [0.717, 1.165) is 17.7 Å². The molecule has 1 aromatic rings. The molecular formula is C21H30FN3O2. The molecule has 0 spiro atoms. The highest BCUT2D eigenvalue weighted by molar-refractivity contribution is 5.77. The van der Waals surface area contributed by atoms with Crippen molar-refractivity contribution >= 4 is 12.4 Å². The van der Waals surface area contributed by atoms with Gasteiger partial charge in [-0.25, -0.2) is 9.38 Å². The third-order valence-electron chi connectivity index (χ3n) is 3.95. The summed E-state index contributed by atoms with van der Waals surface area (Å²) in [5, 5.41) is 20.4. The van der Waals surface area contributed by atoms with Gasteiger partial charge in [0.05, 0.1) is 13.2 Å². The van der Waals surface area contributed by atoms with E-state index in [0.29, 0.717) is 24.3 Å². The van der Waals surface area contributed by atoms with E-state index in [-0.39, 0.29) is 11.7 Å². The lowest BCUT2D eigenvalue weighted by atomic mass is 10.0. The average molecular weight is 375 g/mol. The molecule has 0 bridgehead atoms. The van der Waals surface area contributed by atoms with Crippen LogP contribution in [0.25, 0.3) is 0 Å². The zero-order valence-corrected chi connectivity index (χ0v) is 16.5. The van der Waals surface area contributed by atoms with Gasteiger partial charge in [0, 0.05) is 25.2 Å². The number of hydrogen-bond acceptors (Lipinski definition) is 5. The molecule has 3 N–H and O–H groups in total. The summed E-state index contributed by atoms with van der Waals surface area (Å²) in [6.45, 7) is 6.45. The standard InChI is InChI=1S/C21H30FN3O2/c1-5-24-14-17(12-23)10-15(2)13-25-21(27-4)9-7-18-6-8-19(22)11-20(18)16(3)26/h6,8-9,11-16,23-24,26H,5,7,10H2,1-4H3/b17-14-,21-9+,23-12?,25-13-. The lowest BCUT2D eigenvalue weighted by molar-refractivity contribution is 0.198. The number of nitrogens with zero attached hydrogens (tertiary/aromatic N) is 1. The van der Waals surface area contributed by atoms with Crippen LogP contribution < -0.4 is 5.32 Å². The first kappa shape index (κ1) is 22.6. The maximum atomic E-state index is 13.4. The van der Waals surface area contributed by atoms with E-state index < -0.39 is 6.10 Å². The number of halogens is 1. The molecule has 0 aliphatic carbocycles. The summed E-state index contributed by atoms with van der Waals surface area (Å²) in [5.74, 6) is 0.216. The third kappa shape index (κ3) is 8.17. The number of hydrogen-bond donors (Lipinski definition) is 3. The number of ether oxygens (including phenoxy) is 1. The molecule has 0 aliphatic heterocycles. The molecule has 1 aromatic carbocycles. The van der Waals surface area contributed by atoms with Crippen LogP contribution in [0.5, 0.6) is 0 Å². The van der Waals surface area contributed by atoms with Crippen LogP contribution in [0.3, 0.4) is 0 Å². The number of nitrogens with one attached hydrogen (secondary N) is 2. The molecule has 0 amide bonds. The van der Waals surface area contributed by atoms with Crippen molar-refractivity contribution in [2.75, 3.05) is 13.7 Å². The second-order valence-corrected chi connectivity index (χ2v) is 6.35. The Kier molecular flexibility index (Phi) is 10.0. The molecule has 2 atom stereocenters. The van der Waals surface area contributed by atoms with Gasteiger partial charge >= 0.3 is 0 Å². The summed E-state index contributed by atoms with van der Waals surface area (Å²) in [4.78, 5) is 4.37. The number of aliphatic hydroxyl groups excluding tert-OH is 1. The second-order valence-electron chi connectivity index (χ2n) is 6.35. The van der Waals surface area contributed by atoms with Crippen LogP contribution in [0.1, 0.15) is 44.4 Å². The summed E-state index contributed by atoms with van der Waals surface area (Å²) in [6.07, 6.45) is 7.19. The predicted octanol–water partition coefficient (Wildman–Crippen LogP) is 4.15. The maximum Gasteiger partial charge on any atom is 0.208 e. The highest BCUT2D eigenvalue weighted by Crippen LogP contribution is 2.20. The van der Waals surface area contributed by atoms with Crippen molar-refractivity contribution in [3.63, 3.8) is 0 Å². The van der Waals surface area contributed by atoms with Gasteiger partial charge in [-0.3, -0.25) is 0 Å². The molecule has 0 radical (unpaired) electrons. The molecule has 0 saturated carbocycles. The van der Waals surface area contributed by atoms with Crippen molar-refractivity contribution in [1.82, 2.24) is 5.32 Å². The summed E-state index contributed by atoms with van der Waals surface area (Å²) in [7, 11) is 1.54. The van der Waals surface area contributed by atoms with E-state index >= 15 is 0 Å². The van der Waals surface area contributed by atoms with E-state index in [1.54, 1.807) is 32.4 Å². The zero-order valence-electron chi connectivity index (χ0n) is 16.5. The van der Waals surface area contributed by atoms with Gasteiger partial charge in [0.15, 0.2) is 0 Å². The van der Waals surface area contributed by atoms with Gasteiger partial charge in [0.25, 0.3) is 0 Å². The van der Waals surface area contributed by atoms with E-state index in [4.69, 9.17) is 10.1 Å². The Morgan fingerprint density at radius 1 is 1.41 bits per heavy atom. The summed E-state index contributed by atoms with van der Waals surface area (Å²) >= 11 is 0. The second kappa shape index (κ2) is 12.0. The van der Waals surface area contributed by atoms with Gasteiger partial charge in [-0.1, -0.05) is 13.0 Å². The minimum absolute atomic E-state index is 0.133. The molecule has 0 heterocycles. The van der Waals surface area contributed by atoms with Crippen molar-refractivity contribution in [3.05, 3.63) is 58.9 Å². The molecule has 0 saturated heterocycles.